The highest BCUT2D eigenvalue weighted by molar-refractivity contribution is 9.09. The van der Waals surface area contributed by atoms with Crippen molar-refractivity contribution in [3.05, 3.63) is 264 Å². The number of carbonyl (C=O) groups excluding carboxylic acids is 2. The lowest BCUT2D eigenvalue weighted by Crippen LogP contribution is -3.00. The van der Waals surface area contributed by atoms with Gasteiger partial charge in [-0.25, -0.2) is 28.7 Å². The molecule has 642 valence electrons. The quantitative estimate of drug-likeness (QED) is 0.0164. The minimum absolute atomic E-state index is 0. The molecule has 0 bridgehead atoms. The SMILES string of the molecule is CN1C(=Cc2cc[n+](CCCCCC(=O)O)cc2)Sc2cc(-c3nc4ccccc4s3)ccc21.CN1C(=Cc2cc[n+](CCCCCCON3C(=O)CCC3=O)cc2)Sc2cc(-c3nc4ccccc4s3)ccc21.Cc1sc2cc(-c3nc4ccccc4s3)ccc2[n+]1C.O=C(O)CCCCCBr.O=C(O)CCCCC[n+]1ccccc1.[Br-].c1ccncc1. The maximum Gasteiger partial charge on any atom is 0.303 e. The summed E-state index contributed by atoms with van der Waals surface area (Å²) >= 11 is 13.9. The number of aromatic nitrogens is 8. The van der Waals surface area contributed by atoms with E-state index in [9.17, 15) is 24.0 Å². The highest BCUT2D eigenvalue weighted by atomic mass is 79.9. The number of pyridine rings is 4. The molecule has 3 aliphatic rings. The molecule has 1 fully saturated rings. The third-order valence-electron chi connectivity index (χ3n) is 20.3. The summed E-state index contributed by atoms with van der Waals surface area (Å²) in [5.41, 5.74) is 12.8. The summed E-state index contributed by atoms with van der Waals surface area (Å²) in [7, 11) is 6.35. The lowest BCUT2D eigenvalue weighted by atomic mass is 10.2. The van der Waals surface area contributed by atoms with Crippen LogP contribution < -0.4 is 45.0 Å². The zero-order valence-electron chi connectivity index (χ0n) is 69.9. The number of hydrogen-bond acceptors (Lipinski definition) is 18. The first kappa shape index (κ1) is 94.4. The lowest BCUT2D eigenvalue weighted by Gasteiger charge is -2.13. The number of carbonyl (C=O) groups is 5. The number of aryl methyl sites for hydroxylation is 5. The fourth-order valence-corrected chi connectivity index (χ4v) is 20.1. The highest BCUT2D eigenvalue weighted by Gasteiger charge is 2.30. The van der Waals surface area contributed by atoms with Crippen molar-refractivity contribution in [3.8, 4) is 31.7 Å². The molecule has 28 heteroatoms. The van der Waals surface area contributed by atoms with Crippen molar-refractivity contribution in [2.24, 2.45) is 7.05 Å². The minimum atomic E-state index is -0.713. The molecule has 3 N–H and O–H groups in total. The summed E-state index contributed by atoms with van der Waals surface area (Å²) in [6.07, 6.45) is 34.2. The van der Waals surface area contributed by atoms with Gasteiger partial charge in [-0.15, -0.1) is 34.0 Å². The van der Waals surface area contributed by atoms with Crippen LogP contribution in [0.4, 0.5) is 11.4 Å². The van der Waals surface area contributed by atoms with E-state index in [1.165, 1.54) is 71.7 Å². The summed E-state index contributed by atoms with van der Waals surface area (Å²) in [5, 5.41) is 34.2. The fourth-order valence-electron chi connectivity index (χ4n) is 13.5. The average Bonchev–Trinajstić information content (AvgIpc) is 1.64. The Kier molecular flexibility index (Phi) is 37.2. The highest BCUT2D eigenvalue weighted by Crippen LogP contribution is 2.49. The van der Waals surface area contributed by atoms with Crippen LogP contribution >= 0.6 is 84.8 Å². The topological polar surface area (TPSA) is 232 Å². The Hall–Kier alpha value is -10.3. The molecular weight excluding hydrogens is 1800 g/mol. The van der Waals surface area contributed by atoms with E-state index >= 15 is 0 Å². The van der Waals surface area contributed by atoms with Crippen LogP contribution in [0.25, 0.3) is 84.7 Å². The number of thioether (sulfide) groups is 2. The van der Waals surface area contributed by atoms with Crippen molar-refractivity contribution < 1.29 is 79.4 Å². The molecule has 11 heterocycles. The van der Waals surface area contributed by atoms with Gasteiger partial charge in [-0.1, -0.05) is 112 Å². The molecule has 0 atom stereocenters. The van der Waals surface area contributed by atoms with Gasteiger partial charge in [0.1, 0.15) is 46.4 Å². The Morgan fingerprint density at radius 2 is 0.847 bits per heavy atom. The molecule has 14 aromatic rings. The minimum Gasteiger partial charge on any atom is -1.00 e. The largest absolute Gasteiger partial charge is 1.00 e. The number of hydroxylamine groups is 2. The Morgan fingerprint density at radius 1 is 0.452 bits per heavy atom. The number of benzene rings is 6. The lowest BCUT2D eigenvalue weighted by molar-refractivity contribution is -0.697. The van der Waals surface area contributed by atoms with Crippen molar-refractivity contribution >= 4 is 179 Å². The van der Waals surface area contributed by atoms with Gasteiger partial charge < -0.3 is 42.1 Å². The molecule has 0 radical (unpaired) electrons. The second-order valence-corrected chi connectivity index (χ2v) is 36.7. The van der Waals surface area contributed by atoms with Gasteiger partial charge in [0.25, 0.3) is 11.8 Å². The first-order valence-corrected chi connectivity index (χ1v) is 47.4. The molecule has 20 nitrogen and oxygen atoms in total. The van der Waals surface area contributed by atoms with Crippen LogP contribution in [-0.2, 0) is 55.5 Å². The van der Waals surface area contributed by atoms with E-state index in [1.807, 2.05) is 78.3 Å². The number of rotatable bonds is 30. The molecule has 8 aromatic heterocycles. The number of amides is 2. The molecule has 2 amide bonds. The van der Waals surface area contributed by atoms with E-state index in [1.54, 1.807) is 69.9 Å². The van der Waals surface area contributed by atoms with Gasteiger partial charge in [0.05, 0.1) is 58.7 Å². The van der Waals surface area contributed by atoms with E-state index in [-0.39, 0.29) is 48.1 Å². The van der Waals surface area contributed by atoms with Crippen LogP contribution in [0.1, 0.15) is 132 Å². The fraction of sp³-hybridized carbons (Fsp3) is 0.281. The standard InChI is InChI=1S/C31H31N4O3S2.C27H25N3O2S2.C16H13N2S2.C11H15NO2.C6H11BrO2.C5H5N.BrH/c1-33-25-11-10-23(31-32-24-8-4-5-9-26(24)40-31)21-27(25)39-30(33)20-22-14-17-34(18-15-22)16-6-2-3-7-19-38-35-28(36)12-13-29(35)37;1-29-22-11-10-20(27-28-21-7-4-5-8-23(21)34-27)18-24(22)33-25(29)17-19-12-15-30(16-13-19)14-6-2-3-9-26(31)32;1-10-18(2)13-8-7-11(9-15(13)19-10)16-17-12-5-3-4-6-14(12)20-16;13-11(14)7-3-1-4-8-12-9-5-2-6-10-12;7-5-3-1-2-4-6(8)9;1-2-4-6-5-3-1;/h4-5,8-11,14-15,17-18,20-21H,2-3,6-7,12-13,16,19H2,1H3;4-5,7-8,10-13,15-18H,2-3,6,9,14H2,1H3;3-9H,1-2H3;2,5-6,9-10H,1,3-4,7-8H2;1-5H2,(H,8,9);1-5H;1H/q+1;;+1;;;;/p+1. The average molecular weight is 1910 g/mol. The van der Waals surface area contributed by atoms with Gasteiger partial charge in [0.2, 0.25) is 10.5 Å². The molecule has 3 aliphatic heterocycles. The first-order valence-electron chi connectivity index (χ1n) is 41.4. The summed E-state index contributed by atoms with van der Waals surface area (Å²) in [4.78, 5) is 84.4. The predicted octanol–water partition coefficient (Wildman–Crippen LogP) is 18.9. The van der Waals surface area contributed by atoms with Crippen LogP contribution in [0.15, 0.2) is 257 Å². The Bertz CT molecular complexity index is 5770. The van der Waals surface area contributed by atoms with Crippen molar-refractivity contribution in [1.82, 2.24) is 25.0 Å². The summed E-state index contributed by atoms with van der Waals surface area (Å²) in [5.74, 6) is -2.55. The summed E-state index contributed by atoms with van der Waals surface area (Å²) in [6.45, 7) is 5.40. The van der Waals surface area contributed by atoms with Gasteiger partial charge in [0.15, 0.2) is 37.2 Å². The number of nitrogens with zero attached hydrogens (tertiary/aromatic N) is 11. The molecule has 17 rings (SSSR count). The maximum absolute atomic E-state index is 11.6. The van der Waals surface area contributed by atoms with E-state index < -0.39 is 17.9 Å². The van der Waals surface area contributed by atoms with Crippen molar-refractivity contribution in [2.45, 2.75) is 152 Å². The Labute approximate surface area is 767 Å². The second-order valence-electron chi connectivity index (χ2n) is 29.5. The van der Waals surface area contributed by atoms with Gasteiger partial charge in [-0.3, -0.25) is 33.8 Å². The zero-order valence-corrected chi connectivity index (χ0v) is 77.9. The molecule has 0 saturated carbocycles. The van der Waals surface area contributed by atoms with E-state index in [0.717, 1.165) is 162 Å². The maximum atomic E-state index is 11.6. The predicted molar refractivity (Wildman–Crippen MR) is 503 cm³/mol. The number of para-hydroxylation sites is 3. The molecule has 0 aliphatic carbocycles. The van der Waals surface area contributed by atoms with E-state index in [0.29, 0.717) is 19.4 Å². The zero-order chi connectivity index (χ0) is 86.2. The summed E-state index contributed by atoms with van der Waals surface area (Å²) in [6, 6.07) is 65.0. The number of hydrogen-bond donors (Lipinski definition) is 3. The smallest absolute Gasteiger partial charge is 0.303 e. The molecular formula is C96H102Br2N11O9S6+3. The molecule has 0 spiro atoms. The van der Waals surface area contributed by atoms with Crippen molar-refractivity contribution in [3.63, 3.8) is 0 Å². The van der Waals surface area contributed by atoms with Gasteiger partial charge >= 0.3 is 17.9 Å². The Balaban J connectivity index is 0.000000159. The van der Waals surface area contributed by atoms with Crippen LogP contribution in [0.2, 0.25) is 0 Å². The number of unbranched alkanes of at least 4 members (excludes halogenated alkanes) is 9. The number of imide groups is 1. The number of aliphatic carboxylic acids is 3. The molecule has 6 aromatic carbocycles. The third-order valence-corrected chi connectivity index (χ3v) is 27.6. The van der Waals surface area contributed by atoms with Crippen LogP contribution in [0.5, 0.6) is 0 Å². The van der Waals surface area contributed by atoms with Crippen molar-refractivity contribution in [2.75, 3.05) is 35.8 Å². The third kappa shape index (κ3) is 28.1. The number of halogens is 2. The van der Waals surface area contributed by atoms with Crippen LogP contribution in [0, 0.1) is 6.92 Å². The Morgan fingerprint density at radius 3 is 1.26 bits per heavy atom. The van der Waals surface area contributed by atoms with Crippen molar-refractivity contribution in [1.29, 1.82) is 0 Å². The van der Waals surface area contributed by atoms with Gasteiger partial charge in [0, 0.05) is 159 Å². The second kappa shape index (κ2) is 48.8. The summed E-state index contributed by atoms with van der Waals surface area (Å²) < 4.78 is 13.7. The number of anilines is 2. The van der Waals surface area contributed by atoms with Gasteiger partial charge in [-0.05, 0) is 172 Å². The van der Waals surface area contributed by atoms with Crippen LogP contribution in [-0.4, -0.2) is 96.1 Å². The molecule has 1 saturated heterocycles. The number of alkyl halides is 1. The monoisotopic (exact) mass is 1900 g/mol. The van der Waals surface area contributed by atoms with Gasteiger partial charge in [-0.2, -0.15) is 9.63 Å². The molecule has 124 heavy (non-hydrogen) atoms. The first-order chi connectivity index (χ1) is 59.9. The normalized spacial score (nSPS) is 13.1. The number of carboxylic acids is 3. The number of fused-ring (bicyclic) bond motifs is 6. The molecule has 0 unspecified atom stereocenters. The van der Waals surface area contributed by atoms with Crippen LogP contribution in [0.3, 0.4) is 0 Å². The number of thiazole rings is 4. The van der Waals surface area contributed by atoms with E-state index in [4.69, 9.17) is 35.1 Å². The number of carboxylic acid groups (broad SMARTS) is 3. The van der Waals surface area contributed by atoms with E-state index in [2.05, 4.69) is 247 Å².